The summed E-state index contributed by atoms with van der Waals surface area (Å²) in [5.41, 5.74) is 3.88. The molecule has 0 saturated heterocycles. The predicted molar refractivity (Wildman–Crippen MR) is 167 cm³/mol. The summed E-state index contributed by atoms with van der Waals surface area (Å²) in [5.74, 6) is -0.398. The number of carbonyl (C=O) groups excluding carboxylic acids is 2. The van der Waals surface area contributed by atoms with Crippen molar-refractivity contribution < 1.29 is 23.8 Å². The van der Waals surface area contributed by atoms with Crippen LogP contribution in [0.4, 0.5) is 0 Å². The molecule has 0 bridgehead atoms. The average Bonchev–Trinajstić information content (AvgIpc) is 2.95. The molecule has 0 aliphatic carbocycles. The molecule has 0 spiro atoms. The zero-order valence-corrected chi connectivity index (χ0v) is 26.5. The van der Waals surface area contributed by atoms with E-state index in [2.05, 4.69) is 18.0 Å². The first kappa shape index (κ1) is 34.3. The zero-order valence-electron chi connectivity index (χ0n) is 26.5. The molecule has 228 valence electrons. The summed E-state index contributed by atoms with van der Waals surface area (Å²) >= 11 is 0. The SMILES string of the molecule is CCCCCCCCCCCCCCCc1cccc(OCC)c1-c1c(C(=O)OC)c(C)nc(C)c1C(=O)OCC. The van der Waals surface area contributed by atoms with Crippen LogP contribution >= 0.6 is 0 Å². The molecule has 1 heterocycles. The average molecular weight is 568 g/mol. The first-order chi connectivity index (χ1) is 19.9. The molecule has 6 nitrogen and oxygen atoms in total. The number of aryl methyl sites for hydroxylation is 3. The van der Waals surface area contributed by atoms with Gasteiger partial charge in [0.15, 0.2) is 0 Å². The quantitative estimate of drug-likeness (QED) is 0.117. The maximum absolute atomic E-state index is 13.2. The van der Waals surface area contributed by atoms with Crippen LogP contribution in [0, 0.1) is 13.8 Å². The number of hydrogen-bond acceptors (Lipinski definition) is 6. The van der Waals surface area contributed by atoms with Gasteiger partial charge in [-0.2, -0.15) is 0 Å². The largest absolute Gasteiger partial charge is 0.493 e. The summed E-state index contributed by atoms with van der Waals surface area (Å²) in [6, 6.07) is 5.95. The molecule has 0 saturated carbocycles. The van der Waals surface area contributed by atoms with Crippen molar-refractivity contribution in [1.29, 1.82) is 0 Å². The van der Waals surface area contributed by atoms with Gasteiger partial charge in [-0.05, 0) is 52.2 Å². The lowest BCUT2D eigenvalue weighted by molar-refractivity contribution is 0.0526. The third-order valence-electron chi connectivity index (χ3n) is 7.64. The molecular weight excluding hydrogens is 514 g/mol. The first-order valence-corrected chi connectivity index (χ1v) is 15.9. The van der Waals surface area contributed by atoms with Gasteiger partial charge in [0.2, 0.25) is 0 Å². The second-order valence-corrected chi connectivity index (χ2v) is 10.8. The van der Waals surface area contributed by atoms with Gasteiger partial charge in [-0.25, -0.2) is 9.59 Å². The van der Waals surface area contributed by atoms with Crippen molar-refractivity contribution in [3.63, 3.8) is 0 Å². The molecule has 41 heavy (non-hydrogen) atoms. The number of esters is 2. The molecule has 2 aromatic rings. The molecule has 0 atom stereocenters. The highest BCUT2D eigenvalue weighted by Gasteiger charge is 2.30. The molecule has 1 aromatic heterocycles. The van der Waals surface area contributed by atoms with E-state index < -0.39 is 11.9 Å². The standard InChI is InChI=1S/C35H53NO5/c1-7-10-11-12-13-14-15-16-17-18-19-20-21-23-28-24-22-25-29(40-8-2)32(28)33-30(34(37)39-6)26(4)36-27(5)31(33)35(38)41-9-3/h22,24-25H,7-21,23H2,1-6H3. The van der Waals surface area contributed by atoms with Gasteiger partial charge < -0.3 is 14.2 Å². The Hall–Kier alpha value is -2.89. The van der Waals surface area contributed by atoms with Crippen molar-refractivity contribution in [2.75, 3.05) is 20.3 Å². The maximum atomic E-state index is 13.2. The predicted octanol–water partition coefficient (Wildman–Crippen LogP) is 9.36. The first-order valence-electron chi connectivity index (χ1n) is 15.9. The van der Waals surface area contributed by atoms with Crippen LogP contribution in [0.25, 0.3) is 11.1 Å². The summed E-state index contributed by atoms with van der Waals surface area (Å²) in [6.07, 6.45) is 17.7. The van der Waals surface area contributed by atoms with Crippen LogP contribution < -0.4 is 4.74 Å². The Balaban J connectivity index is 2.21. The Bertz CT molecular complexity index is 1090. The van der Waals surface area contributed by atoms with E-state index in [1.807, 2.05) is 19.1 Å². The lowest BCUT2D eigenvalue weighted by atomic mass is 9.87. The summed E-state index contributed by atoms with van der Waals surface area (Å²) in [7, 11) is 1.35. The summed E-state index contributed by atoms with van der Waals surface area (Å²) in [5, 5.41) is 0. The monoisotopic (exact) mass is 567 g/mol. The molecule has 0 aliphatic rings. The zero-order chi connectivity index (χ0) is 30.0. The van der Waals surface area contributed by atoms with Gasteiger partial charge in [0.25, 0.3) is 0 Å². The molecule has 0 unspecified atom stereocenters. The number of carbonyl (C=O) groups is 2. The van der Waals surface area contributed by atoms with Crippen LogP contribution in [0.5, 0.6) is 5.75 Å². The highest BCUT2D eigenvalue weighted by atomic mass is 16.5. The van der Waals surface area contributed by atoms with Crippen molar-refractivity contribution in [2.45, 2.75) is 125 Å². The maximum Gasteiger partial charge on any atom is 0.340 e. The highest BCUT2D eigenvalue weighted by molar-refractivity contribution is 6.08. The number of hydrogen-bond donors (Lipinski definition) is 0. The van der Waals surface area contributed by atoms with Crippen LogP contribution in [-0.4, -0.2) is 37.2 Å². The molecular formula is C35H53NO5. The number of unbranched alkanes of at least 4 members (excludes halogenated alkanes) is 12. The fourth-order valence-corrected chi connectivity index (χ4v) is 5.58. The van der Waals surface area contributed by atoms with E-state index in [9.17, 15) is 9.59 Å². The van der Waals surface area contributed by atoms with E-state index in [0.29, 0.717) is 29.3 Å². The summed E-state index contributed by atoms with van der Waals surface area (Å²) in [4.78, 5) is 30.9. The molecule has 1 aromatic carbocycles. The minimum atomic E-state index is -0.534. The normalized spacial score (nSPS) is 11.0. The third-order valence-corrected chi connectivity index (χ3v) is 7.64. The number of pyridine rings is 1. The number of ether oxygens (including phenoxy) is 3. The lowest BCUT2D eigenvalue weighted by Gasteiger charge is -2.22. The molecule has 6 heteroatoms. The van der Waals surface area contributed by atoms with Gasteiger partial charge in [-0.15, -0.1) is 0 Å². The number of nitrogens with zero attached hydrogens (tertiary/aromatic N) is 1. The number of rotatable bonds is 20. The van der Waals surface area contributed by atoms with Crippen LogP contribution in [0.2, 0.25) is 0 Å². The summed E-state index contributed by atoms with van der Waals surface area (Å²) in [6.45, 7) is 10.2. The number of benzene rings is 1. The van der Waals surface area contributed by atoms with E-state index in [0.717, 1.165) is 30.4 Å². The Kier molecular flexibility index (Phi) is 16.1. The van der Waals surface area contributed by atoms with Gasteiger partial charge in [0.1, 0.15) is 5.75 Å². The minimum absolute atomic E-state index is 0.220. The Morgan fingerprint density at radius 3 is 1.73 bits per heavy atom. The van der Waals surface area contributed by atoms with Gasteiger partial charge in [0, 0.05) is 11.1 Å². The van der Waals surface area contributed by atoms with E-state index in [1.54, 1.807) is 20.8 Å². The second-order valence-electron chi connectivity index (χ2n) is 10.8. The molecule has 0 radical (unpaired) electrons. The highest BCUT2D eigenvalue weighted by Crippen LogP contribution is 2.41. The van der Waals surface area contributed by atoms with E-state index >= 15 is 0 Å². The molecule has 2 rings (SSSR count). The number of aromatic nitrogens is 1. The van der Waals surface area contributed by atoms with Gasteiger partial charge in [-0.3, -0.25) is 4.98 Å². The second kappa shape index (κ2) is 19.3. The summed E-state index contributed by atoms with van der Waals surface area (Å²) < 4.78 is 16.7. The van der Waals surface area contributed by atoms with Crippen molar-refractivity contribution in [3.05, 3.63) is 46.3 Å². The molecule has 0 N–H and O–H groups in total. The topological polar surface area (TPSA) is 74.7 Å². The van der Waals surface area contributed by atoms with Crippen molar-refractivity contribution >= 4 is 11.9 Å². The van der Waals surface area contributed by atoms with Crippen LogP contribution in [-0.2, 0) is 15.9 Å². The van der Waals surface area contributed by atoms with E-state index in [1.165, 1.54) is 77.7 Å². The van der Waals surface area contributed by atoms with Crippen LogP contribution in [0.3, 0.4) is 0 Å². The van der Waals surface area contributed by atoms with Gasteiger partial charge in [0.05, 0.1) is 42.8 Å². The Morgan fingerprint density at radius 2 is 1.22 bits per heavy atom. The van der Waals surface area contributed by atoms with E-state index in [-0.39, 0.29) is 17.7 Å². The fourth-order valence-electron chi connectivity index (χ4n) is 5.58. The van der Waals surface area contributed by atoms with Gasteiger partial charge >= 0.3 is 11.9 Å². The van der Waals surface area contributed by atoms with Crippen molar-refractivity contribution in [1.82, 2.24) is 4.98 Å². The number of methoxy groups -OCH3 is 1. The Morgan fingerprint density at radius 1 is 0.683 bits per heavy atom. The minimum Gasteiger partial charge on any atom is -0.493 e. The van der Waals surface area contributed by atoms with Crippen molar-refractivity contribution in [2.24, 2.45) is 0 Å². The molecule has 0 aliphatic heterocycles. The van der Waals surface area contributed by atoms with Crippen molar-refractivity contribution in [3.8, 4) is 16.9 Å². The van der Waals surface area contributed by atoms with Gasteiger partial charge in [-0.1, -0.05) is 96.1 Å². The Labute approximate surface area is 248 Å². The van der Waals surface area contributed by atoms with Crippen LogP contribution in [0.1, 0.15) is 142 Å². The molecule has 0 amide bonds. The lowest BCUT2D eigenvalue weighted by Crippen LogP contribution is -2.17. The third kappa shape index (κ3) is 10.5. The van der Waals surface area contributed by atoms with Crippen LogP contribution in [0.15, 0.2) is 18.2 Å². The molecule has 0 fully saturated rings. The smallest absolute Gasteiger partial charge is 0.340 e. The fraction of sp³-hybridized carbons (Fsp3) is 0.629. The van der Waals surface area contributed by atoms with E-state index in [4.69, 9.17) is 14.2 Å².